The standard InChI is InChI=1S/C27H35N3O3/c1-20(9-7-10-21(2)31-5)30-14-13-26(22(30)3)27(24-11-8-12-25(19-24)32-6)28-23(4)29-15-17-33-18-16-29/h7-8,10-12,19H,1-3,9,13-18H2,4-6H3/b10-7-,27-26-,28-23+. The Balaban J connectivity index is 1.92. The van der Waals surface area contributed by atoms with Gasteiger partial charge < -0.3 is 24.0 Å². The van der Waals surface area contributed by atoms with Crippen LogP contribution < -0.4 is 4.74 Å². The number of ether oxygens (including phenoxy) is 3. The molecule has 2 aliphatic rings. The van der Waals surface area contributed by atoms with Gasteiger partial charge in [0.1, 0.15) is 17.3 Å². The molecule has 0 atom stereocenters. The molecule has 0 radical (unpaired) electrons. The molecular formula is C27H35N3O3. The van der Waals surface area contributed by atoms with Crippen LogP contribution in [0, 0.1) is 0 Å². The molecule has 2 fully saturated rings. The highest BCUT2D eigenvalue weighted by Gasteiger charge is 2.26. The number of amidine groups is 1. The van der Waals surface area contributed by atoms with Gasteiger partial charge in [0.25, 0.3) is 0 Å². The molecule has 2 heterocycles. The average Bonchev–Trinajstić information content (AvgIpc) is 3.23. The largest absolute Gasteiger partial charge is 0.497 e. The molecule has 0 bridgehead atoms. The maximum atomic E-state index is 5.51. The molecule has 0 spiro atoms. The van der Waals surface area contributed by atoms with E-state index >= 15 is 0 Å². The maximum Gasteiger partial charge on any atom is 0.119 e. The van der Waals surface area contributed by atoms with E-state index in [0.29, 0.717) is 12.2 Å². The molecule has 0 aliphatic carbocycles. The minimum Gasteiger partial charge on any atom is -0.497 e. The van der Waals surface area contributed by atoms with Crippen molar-refractivity contribution in [2.75, 3.05) is 47.1 Å². The summed E-state index contributed by atoms with van der Waals surface area (Å²) in [5, 5.41) is 0. The van der Waals surface area contributed by atoms with Gasteiger partial charge in [-0.2, -0.15) is 0 Å². The number of rotatable bonds is 8. The molecule has 33 heavy (non-hydrogen) atoms. The summed E-state index contributed by atoms with van der Waals surface area (Å²) in [5.41, 5.74) is 5.00. The van der Waals surface area contributed by atoms with Gasteiger partial charge >= 0.3 is 0 Å². The first-order valence-electron chi connectivity index (χ1n) is 11.2. The number of methoxy groups -OCH3 is 2. The first-order valence-corrected chi connectivity index (χ1v) is 11.2. The van der Waals surface area contributed by atoms with E-state index in [-0.39, 0.29) is 0 Å². The zero-order chi connectivity index (χ0) is 23.8. The monoisotopic (exact) mass is 449 g/mol. The number of likely N-dealkylation sites (tertiary alicyclic amines) is 1. The first-order chi connectivity index (χ1) is 15.9. The summed E-state index contributed by atoms with van der Waals surface area (Å²) < 4.78 is 16.1. The molecule has 1 aromatic carbocycles. The lowest BCUT2D eigenvalue weighted by Crippen LogP contribution is -2.39. The highest BCUT2D eigenvalue weighted by molar-refractivity contribution is 5.88. The Hall–Kier alpha value is -3.25. The fourth-order valence-electron chi connectivity index (χ4n) is 3.97. The molecule has 0 saturated carbocycles. The molecule has 2 saturated heterocycles. The molecule has 0 N–H and O–H groups in total. The summed E-state index contributed by atoms with van der Waals surface area (Å²) in [5.74, 6) is 2.41. The highest BCUT2D eigenvalue weighted by Crippen LogP contribution is 2.37. The molecule has 0 aromatic heterocycles. The van der Waals surface area contributed by atoms with Crippen LogP contribution in [0.3, 0.4) is 0 Å². The third-order valence-corrected chi connectivity index (χ3v) is 5.93. The minimum atomic E-state index is 0.622. The van der Waals surface area contributed by atoms with Crippen LogP contribution >= 0.6 is 0 Å². The van der Waals surface area contributed by atoms with Crippen LogP contribution in [-0.2, 0) is 9.47 Å². The zero-order valence-electron chi connectivity index (χ0n) is 20.1. The molecule has 0 unspecified atom stereocenters. The highest BCUT2D eigenvalue weighted by atomic mass is 16.5. The van der Waals surface area contributed by atoms with Crippen molar-refractivity contribution in [1.82, 2.24) is 9.80 Å². The molecule has 6 heteroatoms. The predicted molar refractivity (Wildman–Crippen MR) is 135 cm³/mol. The summed E-state index contributed by atoms with van der Waals surface area (Å²) in [6.07, 6.45) is 5.41. The Morgan fingerprint density at radius 2 is 1.94 bits per heavy atom. The van der Waals surface area contributed by atoms with E-state index < -0.39 is 0 Å². The average molecular weight is 450 g/mol. The van der Waals surface area contributed by atoms with E-state index in [4.69, 9.17) is 19.2 Å². The Morgan fingerprint density at radius 3 is 2.64 bits per heavy atom. The molecule has 0 amide bonds. The van der Waals surface area contributed by atoms with E-state index in [1.54, 1.807) is 14.2 Å². The van der Waals surface area contributed by atoms with Gasteiger partial charge in [0.2, 0.25) is 0 Å². The lowest BCUT2D eigenvalue weighted by molar-refractivity contribution is 0.0678. The SMILES string of the molecule is C=C(/C=C\CC(=C)N1CC/C(=C(/N=C(\C)N2CCOCC2)c2cccc(OC)c2)C1=C)OC. The number of hydrogen-bond acceptors (Lipinski definition) is 5. The summed E-state index contributed by atoms with van der Waals surface area (Å²) in [6, 6.07) is 8.05. The Kier molecular flexibility index (Phi) is 8.55. The van der Waals surface area contributed by atoms with Gasteiger partial charge in [-0.3, -0.25) is 0 Å². The fraction of sp³-hybridized carbons (Fsp3) is 0.370. The minimum absolute atomic E-state index is 0.622. The summed E-state index contributed by atoms with van der Waals surface area (Å²) in [7, 11) is 3.29. The van der Waals surface area contributed by atoms with Gasteiger partial charge in [-0.15, -0.1) is 0 Å². The van der Waals surface area contributed by atoms with Crippen molar-refractivity contribution in [3.63, 3.8) is 0 Å². The van der Waals surface area contributed by atoms with Gasteiger partial charge in [-0.1, -0.05) is 37.9 Å². The molecule has 3 rings (SSSR count). The zero-order valence-corrected chi connectivity index (χ0v) is 20.1. The van der Waals surface area contributed by atoms with Crippen molar-refractivity contribution in [2.45, 2.75) is 19.8 Å². The Morgan fingerprint density at radius 1 is 1.18 bits per heavy atom. The Bertz CT molecular complexity index is 984. The van der Waals surface area contributed by atoms with Gasteiger partial charge in [0, 0.05) is 48.6 Å². The normalized spacial score (nSPS) is 18.6. The van der Waals surface area contributed by atoms with Crippen LogP contribution in [0.4, 0.5) is 0 Å². The lowest BCUT2D eigenvalue weighted by Gasteiger charge is -2.28. The second kappa shape index (κ2) is 11.6. The van der Waals surface area contributed by atoms with Gasteiger partial charge in [-0.25, -0.2) is 4.99 Å². The third-order valence-electron chi connectivity index (χ3n) is 5.93. The second-order valence-electron chi connectivity index (χ2n) is 8.01. The van der Waals surface area contributed by atoms with Crippen molar-refractivity contribution in [3.05, 3.63) is 84.4 Å². The lowest BCUT2D eigenvalue weighted by atomic mass is 10.0. The number of nitrogens with zero attached hydrogens (tertiary/aromatic N) is 3. The molecular weight excluding hydrogens is 414 g/mol. The van der Waals surface area contributed by atoms with E-state index in [2.05, 4.69) is 42.5 Å². The quantitative estimate of drug-likeness (QED) is 0.242. The smallest absolute Gasteiger partial charge is 0.119 e. The van der Waals surface area contributed by atoms with Crippen molar-refractivity contribution in [1.29, 1.82) is 0 Å². The van der Waals surface area contributed by atoms with E-state index in [9.17, 15) is 0 Å². The molecule has 6 nitrogen and oxygen atoms in total. The van der Waals surface area contributed by atoms with Crippen LogP contribution in [0.25, 0.3) is 5.70 Å². The third kappa shape index (κ3) is 6.17. The van der Waals surface area contributed by atoms with Crippen LogP contribution in [0.1, 0.15) is 25.3 Å². The predicted octanol–water partition coefficient (Wildman–Crippen LogP) is 5.00. The van der Waals surface area contributed by atoms with Crippen molar-refractivity contribution < 1.29 is 14.2 Å². The first kappa shape index (κ1) is 24.4. The number of hydrogen-bond donors (Lipinski definition) is 0. The van der Waals surface area contributed by atoms with Crippen LogP contribution in [0.5, 0.6) is 5.75 Å². The topological polar surface area (TPSA) is 46.5 Å². The van der Waals surface area contributed by atoms with E-state index in [0.717, 1.165) is 79.1 Å². The fourth-order valence-corrected chi connectivity index (χ4v) is 3.97. The van der Waals surface area contributed by atoms with E-state index in [1.807, 2.05) is 30.4 Å². The summed E-state index contributed by atoms with van der Waals surface area (Å²) in [4.78, 5) is 9.57. The maximum absolute atomic E-state index is 5.51. The van der Waals surface area contributed by atoms with Crippen molar-refractivity contribution >= 4 is 11.5 Å². The van der Waals surface area contributed by atoms with Gasteiger partial charge in [0.05, 0.1) is 33.1 Å². The second-order valence-corrected chi connectivity index (χ2v) is 8.01. The van der Waals surface area contributed by atoms with Crippen molar-refractivity contribution in [2.24, 2.45) is 4.99 Å². The molecule has 2 aliphatic heterocycles. The molecule has 1 aromatic rings. The summed E-state index contributed by atoms with van der Waals surface area (Å²) in [6.45, 7) is 18.5. The van der Waals surface area contributed by atoms with Crippen LogP contribution in [-0.4, -0.2) is 62.7 Å². The van der Waals surface area contributed by atoms with Gasteiger partial charge in [-0.05, 0) is 31.6 Å². The Labute approximate surface area is 197 Å². The van der Waals surface area contributed by atoms with Gasteiger partial charge in [0.15, 0.2) is 0 Å². The number of aliphatic imine (C=N–C) groups is 1. The van der Waals surface area contributed by atoms with E-state index in [1.165, 1.54) is 0 Å². The number of morpholine rings is 1. The summed E-state index contributed by atoms with van der Waals surface area (Å²) >= 11 is 0. The number of allylic oxidation sites excluding steroid dienone is 3. The molecule has 176 valence electrons. The van der Waals surface area contributed by atoms with Crippen LogP contribution in [0.2, 0.25) is 0 Å². The van der Waals surface area contributed by atoms with Crippen molar-refractivity contribution in [3.8, 4) is 5.75 Å². The number of benzene rings is 1. The van der Waals surface area contributed by atoms with Crippen LogP contribution in [0.15, 0.2) is 83.9 Å².